The Balaban J connectivity index is 1.52. The highest BCUT2D eigenvalue weighted by Gasteiger charge is 2.19. The Morgan fingerprint density at radius 2 is 1.44 bits per heavy atom. The van der Waals surface area contributed by atoms with Crippen LogP contribution in [0, 0.1) is 0 Å². The zero-order chi connectivity index (χ0) is 23.3. The van der Waals surface area contributed by atoms with E-state index in [-0.39, 0.29) is 0 Å². The van der Waals surface area contributed by atoms with Gasteiger partial charge in [-0.05, 0) is 29.3 Å². The summed E-state index contributed by atoms with van der Waals surface area (Å²) in [6.07, 6.45) is 3.22. The quantitative estimate of drug-likeness (QED) is 0.273. The molecular formula is C27H22BrN5O. The monoisotopic (exact) mass is 511 g/mol. The van der Waals surface area contributed by atoms with Crippen molar-refractivity contribution in [3.05, 3.63) is 113 Å². The first-order valence-electron chi connectivity index (χ1n) is 10.8. The molecule has 0 aliphatic rings. The summed E-state index contributed by atoms with van der Waals surface area (Å²) >= 11 is 3.57. The van der Waals surface area contributed by atoms with Gasteiger partial charge in [0.25, 0.3) is 0 Å². The molecule has 2 heterocycles. The van der Waals surface area contributed by atoms with Gasteiger partial charge < -0.3 is 15.4 Å². The number of anilines is 2. The number of benzene rings is 3. The van der Waals surface area contributed by atoms with Crippen molar-refractivity contribution in [3.8, 4) is 11.6 Å². The van der Waals surface area contributed by atoms with E-state index in [4.69, 9.17) is 10.5 Å². The minimum Gasteiger partial charge on any atom is -0.435 e. The van der Waals surface area contributed by atoms with Gasteiger partial charge in [-0.1, -0.05) is 82.7 Å². The van der Waals surface area contributed by atoms with Gasteiger partial charge in [0.2, 0.25) is 5.88 Å². The number of hydrogen-bond acceptors (Lipinski definition) is 6. The molecule has 6 nitrogen and oxygen atoms in total. The Bertz CT molecular complexity index is 1370. The second-order valence-electron chi connectivity index (χ2n) is 7.79. The highest BCUT2D eigenvalue weighted by Crippen LogP contribution is 2.36. The lowest BCUT2D eigenvalue weighted by atomic mass is 10.1. The lowest BCUT2D eigenvalue weighted by Crippen LogP contribution is -2.24. The molecule has 0 saturated carbocycles. The Morgan fingerprint density at radius 3 is 2.12 bits per heavy atom. The number of nitrogens with two attached hydrogens (primary N) is 1. The van der Waals surface area contributed by atoms with Crippen molar-refractivity contribution in [1.29, 1.82) is 0 Å². The summed E-state index contributed by atoms with van der Waals surface area (Å²) in [7, 11) is 0. The number of nitrogens with zero attached hydrogens (tertiary/aromatic N) is 4. The number of ether oxygens (including phenoxy) is 1. The summed E-state index contributed by atoms with van der Waals surface area (Å²) in [6.45, 7) is 1.28. The van der Waals surface area contributed by atoms with Crippen LogP contribution in [0.3, 0.4) is 0 Å². The summed E-state index contributed by atoms with van der Waals surface area (Å²) < 4.78 is 7.12. The van der Waals surface area contributed by atoms with E-state index in [1.165, 1.54) is 6.33 Å². The Morgan fingerprint density at radius 1 is 0.765 bits per heavy atom. The smallest absolute Gasteiger partial charge is 0.248 e. The normalized spacial score (nSPS) is 10.9. The van der Waals surface area contributed by atoms with E-state index < -0.39 is 0 Å². The summed E-state index contributed by atoms with van der Waals surface area (Å²) in [4.78, 5) is 15.5. The number of rotatable bonds is 7. The van der Waals surface area contributed by atoms with E-state index in [0.29, 0.717) is 36.2 Å². The number of hydrogen-bond donors (Lipinski definition) is 1. The van der Waals surface area contributed by atoms with E-state index in [0.717, 1.165) is 26.5 Å². The largest absolute Gasteiger partial charge is 0.435 e. The molecule has 0 atom stereocenters. The molecule has 0 saturated heterocycles. The molecule has 0 aliphatic carbocycles. The van der Waals surface area contributed by atoms with Gasteiger partial charge in [-0.3, -0.25) is 4.98 Å². The maximum atomic E-state index is 6.59. The molecule has 0 radical (unpaired) electrons. The van der Waals surface area contributed by atoms with Crippen LogP contribution in [0.15, 0.2) is 102 Å². The lowest BCUT2D eigenvalue weighted by molar-refractivity contribution is 0.468. The summed E-state index contributed by atoms with van der Waals surface area (Å²) in [5, 5.41) is 0.947. The van der Waals surface area contributed by atoms with Gasteiger partial charge >= 0.3 is 0 Å². The fraction of sp³-hybridized carbons (Fsp3) is 0.0741. The summed E-state index contributed by atoms with van der Waals surface area (Å²) in [5.74, 6) is 1.49. The van der Waals surface area contributed by atoms with E-state index >= 15 is 0 Å². The van der Waals surface area contributed by atoms with Crippen LogP contribution in [-0.2, 0) is 13.1 Å². The van der Waals surface area contributed by atoms with E-state index in [1.807, 2.05) is 60.7 Å². The molecule has 2 N–H and O–H groups in total. The third-order valence-electron chi connectivity index (χ3n) is 5.44. The van der Waals surface area contributed by atoms with Gasteiger partial charge in [-0.15, -0.1) is 0 Å². The lowest BCUT2D eigenvalue weighted by Gasteiger charge is -2.25. The number of halogens is 1. The molecule has 34 heavy (non-hydrogen) atoms. The SMILES string of the molecule is Nc1c(Oc2ccc(Br)c3cccnc23)ncnc1N(Cc1ccccc1)Cc1ccccc1. The fourth-order valence-corrected chi connectivity index (χ4v) is 4.27. The molecule has 0 aliphatic heterocycles. The second-order valence-corrected chi connectivity index (χ2v) is 8.64. The van der Waals surface area contributed by atoms with Crippen molar-refractivity contribution < 1.29 is 4.74 Å². The number of aromatic nitrogens is 3. The van der Waals surface area contributed by atoms with Gasteiger partial charge in [0.15, 0.2) is 11.6 Å². The Labute approximate surface area is 206 Å². The maximum absolute atomic E-state index is 6.59. The van der Waals surface area contributed by atoms with E-state index in [9.17, 15) is 0 Å². The highest BCUT2D eigenvalue weighted by atomic mass is 79.9. The molecule has 0 spiro atoms. The van der Waals surface area contributed by atoms with Crippen LogP contribution in [0.1, 0.15) is 11.1 Å². The zero-order valence-corrected chi connectivity index (χ0v) is 19.9. The summed E-state index contributed by atoms with van der Waals surface area (Å²) in [5.41, 5.74) is 10.0. The maximum Gasteiger partial charge on any atom is 0.248 e. The molecule has 5 rings (SSSR count). The minimum absolute atomic E-state index is 0.297. The van der Waals surface area contributed by atoms with Crippen molar-refractivity contribution in [2.75, 3.05) is 10.6 Å². The van der Waals surface area contributed by atoms with Gasteiger partial charge in [0.05, 0.1) is 0 Å². The number of fused-ring (bicyclic) bond motifs is 1. The van der Waals surface area contributed by atoms with Crippen molar-refractivity contribution in [3.63, 3.8) is 0 Å². The molecule has 0 fully saturated rings. The van der Waals surface area contributed by atoms with Gasteiger partial charge in [0, 0.05) is 29.1 Å². The number of pyridine rings is 1. The van der Waals surface area contributed by atoms with Crippen molar-refractivity contribution in [2.45, 2.75) is 13.1 Å². The molecule has 7 heteroatoms. The third-order valence-corrected chi connectivity index (χ3v) is 6.14. The topological polar surface area (TPSA) is 77.2 Å². The molecule has 5 aromatic rings. The molecule has 3 aromatic carbocycles. The highest BCUT2D eigenvalue weighted by molar-refractivity contribution is 9.10. The van der Waals surface area contributed by atoms with Crippen LogP contribution >= 0.6 is 15.9 Å². The predicted octanol–water partition coefficient (Wildman–Crippen LogP) is 6.37. The number of nitrogen functional groups attached to an aromatic ring is 1. The molecule has 168 valence electrons. The molecule has 0 amide bonds. The first-order valence-corrected chi connectivity index (χ1v) is 11.6. The molecular weight excluding hydrogens is 490 g/mol. The average molecular weight is 512 g/mol. The van der Waals surface area contributed by atoms with Crippen molar-refractivity contribution in [2.24, 2.45) is 0 Å². The third kappa shape index (κ3) is 4.70. The van der Waals surface area contributed by atoms with E-state index in [2.05, 4.69) is 60.0 Å². The second kappa shape index (κ2) is 9.89. The Hall–Kier alpha value is -3.97. The van der Waals surface area contributed by atoms with Gasteiger partial charge in [-0.25, -0.2) is 4.98 Å². The van der Waals surface area contributed by atoms with Crippen molar-refractivity contribution in [1.82, 2.24) is 15.0 Å². The Kier molecular flexibility index (Phi) is 6.35. The van der Waals surface area contributed by atoms with Crippen LogP contribution in [0.5, 0.6) is 11.6 Å². The summed E-state index contributed by atoms with van der Waals surface area (Å²) in [6, 6.07) is 28.1. The molecule has 2 aromatic heterocycles. The van der Waals surface area contributed by atoms with E-state index in [1.54, 1.807) is 6.20 Å². The van der Waals surface area contributed by atoms with Gasteiger partial charge in [0.1, 0.15) is 17.5 Å². The fourth-order valence-electron chi connectivity index (χ4n) is 3.82. The van der Waals surface area contributed by atoms with Crippen LogP contribution < -0.4 is 15.4 Å². The standard InChI is InChI=1S/C27H22BrN5O/c28-22-13-14-23(25-21(22)12-7-15-30-25)34-27-24(29)26(31-18-32-27)33(16-19-8-3-1-4-9-19)17-20-10-5-2-6-11-20/h1-15,18H,16-17,29H2. The van der Waals surface area contributed by atoms with Crippen LogP contribution in [-0.4, -0.2) is 15.0 Å². The van der Waals surface area contributed by atoms with Crippen LogP contribution in [0.2, 0.25) is 0 Å². The zero-order valence-electron chi connectivity index (χ0n) is 18.3. The predicted molar refractivity (Wildman–Crippen MR) is 139 cm³/mol. The average Bonchev–Trinajstić information content (AvgIpc) is 2.88. The molecule has 0 bridgehead atoms. The first-order chi connectivity index (χ1) is 16.7. The molecule has 0 unspecified atom stereocenters. The minimum atomic E-state index is 0.297. The van der Waals surface area contributed by atoms with Crippen LogP contribution in [0.25, 0.3) is 10.9 Å². The first kappa shape index (κ1) is 21.9. The van der Waals surface area contributed by atoms with Gasteiger partial charge in [-0.2, -0.15) is 4.98 Å². The van der Waals surface area contributed by atoms with Crippen LogP contribution in [0.4, 0.5) is 11.5 Å². The van der Waals surface area contributed by atoms with Crippen molar-refractivity contribution >= 4 is 38.3 Å².